The van der Waals surface area contributed by atoms with Crippen molar-refractivity contribution in [3.63, 3.8) is 0 Å². The van der Waals surface area contributed by atoms with Crippen LogP contribution >= 0.6 is 0 Å². The van der Waals surface area contributed by atoms with E-state index in [1.165, 1.54) is 0 Å². The highest BCUT2D eigenvalue weighted by Crippen LogP contribution is 2.11. The third kappa shape index (κ3) is 4.04. The summed E-state index contributed by atoms with van der Waals surface area (Å²) in [6, 6.07) is 8.57. The summed E-state index contributed by atoms with van der Waals surface area (Å²) in [4.78, 5) is 11.9. The molecule has 6 heteroatoms. The summed E-state index contributed by atoms with van der Waals surface area (Å²) in [7, 11) is -2.98. The molecule has 2 rings (SSSR count). The lowest BCUT2D eigenvalue weighted by Crippen LogP contribution is -2.46. The molecule has 1 heterocycles. The molecule has 0 radical (unpaired) electrons. The molecular weight excluding hydrogens is 264 g/mol. The van der Waals surface area contributed by atoms with E-state index in [9.17, 15) is 13.2 Å². The van der Waals surface area contributed by atoms with Crippen molar-refractivity contribution in [1.29, 1.82) is 0 Å². The molecule has 0 bridgehead atoms. The van der Waals surface area contributed by atoms with Crippen molar-refractivity contribution < 1.29 is 13.2 Å². The standard InChI is InChI=1S/C13H18N2O3S/c14-12(8-10-4-2-1-3-5-10)13(16)15-11-6-7-19(17,18)9-11/h1-5,11-12H,6-9,14H2,(H,15,16). The van der Waals surface area contributed by atoms with Crippen molar-refractivity contribution in [1.82, 2.24) is 5.32 Å². The van der Waals surface area contributed by atoms with Gasteiger partial charge in [-0.3, -0.25) is 4.79 Å². The highest BCUT2D eigenvalue weighted by molar-refractivity contribution is 7.91. The second kappa shape index (κ2) is 5.71. The molecule has 2 unspecified atom stereocenters. The Labute approximate surface area is 113 Å². The molecule has 0 aromatic heterocycles. The number of rotatable bonds is 4. The summed E-state index contributed by atoms with van der Waals surface area (Å²) in [5, 5.41) is 2.71. The molecule has 0 saturated carbocycles. The molecule has 1 aliphatic heterocycles. The van der Waals surface area contributed by atoms with Gasteiger partial charge in [0.25, 0.3) is 0 Å². The summed E-state index contributed by atoms with van der Waals surface area (Å²) in [6.07, 6.45) is 0.929. The lowest BCUT2D eigenvalue weighted by molar-refractivity contribution is -0.122. The van der Waals surface area contributed by atoms with Gasteiger partial charge < -0.3 is 11.1 Å². The lowest BCUT2D eigenvalue weighted by Gasteiger charge is -2.15. The molecule has 1 aliphatic rings. The van der Waals surface area contributed by atoms with Crippen molar-refractivity contribution in [3.05, 3.63) is 35.9 Å². The Bertz CT molecular complexity index is 542. The van der Waals surface area contributed by atoms with Gasteiger partial charge in [-0.15, -0.1) is 0 Å². The van der Waals surface area contributed by atoms with Crippen LogP contribution in [0, 0.1) is 0 Å². The number of sulfone groups is 1. The van der Waals surface area contributed by atoms with Gasteiger partial charge in [0.15, 0.2) is 9.84 Å². The zero-order valence-electron chi connectivity index (χ0n) is 10.6. The van der Waals surface area contributed by atoms with Crippen LogP contribution in [-0.2, 0) is 21.1 Å². The zero-order valence-corrected chi connectivity index (χ0v) is 11.4. The van der Waals surface area contributed by atoms with E-state index >= 15 is 0 Å². The van der Waals surface area contributed by atoms with Crippen molar-refractivity contribution in [2.75, 3.05) is 11.5 Å². The zero-order chi connectivity index (χ0) is 13.9. The monoisotopic (exact) mass is 282 g/mol. The van der Waals surface area contributed by atoms with Gasteiger partial charge in [0, 0.05) is 6.04 Å². The first-order chi connectivity index (χ1) is 8.96. The highest BCUT2D eigenvalue weighted by atomic mass is 32.2. The van der Waals surface area contributed by atoms with Gasteiger partial charge in [-0.25, -0.2) is 8.42 Å². The highest BCUT2D eigenvalue weighted by Gasteiger charge is 2.29. The van der Waals surface area contributed by atoms with Crippen molar-refractivity contribution in [3.8, 4) is 0 Å². The molecule has 19 heavy (non-hydrogen) atoms. The number of hydrogen-bond acceptors (Lipinski definition) is 4. The van der Waals surface area contributed by atoms with E-state index in [0.29, 0.717) is 12.8 Å². The van der Waals surface area contributed by atoms with Crippen LogP contribution in [0.1, 0.15) is 12.0 Å². The molecule has 2 atom stereocenters. The smallest absolute Gasteiger partial charge is 0.237 e. The molecular formula is C13H18N2O3S. The largest absolute Gasteiger partial charge is 0.351 e. The second-order valence-corrected chi connectivity index (χ2v) is 7.13. The third-order valence-corrected chi connectivity index (χ3v) is 4.98. The first-order valence-corrected chi connectivity index (χ1v) is 8.09. The van der Waals surface area contributed by atoms with E-state index in [2.05, 4.69) is 5.32 Å². The molecule has 5 nitrogen and oxygen atoms in total. The van der Waals surface area contributed by atoms with Crippen LogP contribution in [0.3, 0.4) is 0 Å². The summed E-state index contributed by atoms with van der Waals surface area (Å²) in [6.45, 7) is 0. The van der Waals surface area contributed by atoms with Crippen LogP contribution in [0.2, 0.25) is 0 Å². The Morgan fingerprint density at radius 2 is 2.05 bits per heavy atom. The molecule has 3 N–H and O–H groups in total. The van der Waals surface area contributed by atoms with Crippen LogP contribution in [0.25, 0.3) is 0 Å². The Kier molecular flexibility index (Phi) is 4.21. The van der Waals surface area contributed by atoms with E-state index in [0.717, 1.165) is 5.56 Å². The molecule has 1 aromatic rings. The molecule has 0 aliphatic carbocycles. The Balaban J connectivity index is 1.86. The van der Waals surface area contributed by atoms with E-state index in [-0.39, 0.29) is 23.5 Å². The van der Waals surface area contributed by atoms with Crippen LogP contribution < -0.4 is 11.1 Å². The van der Waals surface area contributed by atoms with Crippen LogP contribution in [0.4, 0.5) is 0 Å². The first kappa shape index (κ1) is 14.0. The average molecular weight is 282 g/mol. The van der Waals surface area contributed by atoms with Gasteiger partial charge >= 0.3 is 0 Å². The van der Waals surface area contributed by atoms with E-state index in [4.69, 9.17) is 5.73 Å². The quantitative estimate of drug-likeness (QED) is 0.804. The van der Waals surface area contributed by atoms with E-state index in [1.807, 2.05) is 30.3 Å². The normalized spacial score (nSPS) is 22.9. The Morgan fingerprint density at radius 3 is 2.63 bits per heavy atom. The predicted molar refractivity (Wildman–Crippen MR) is 73.3 cm³/mol. The van der Waals surface area contributed by atoms with Gasteiger partial charge in [0.2, 0.25) is 5.91 Å². The molecule has 1 amide bonds. The predicted octanol–water partition coefficient (Wildman–Crippen LogP) is -0.140. The summed E-state index contributed by atoms with van der Waals surface area (Å²) in [5.41, 5.74) is 6.82. The minimum atomic E-state index is -2.98. The molecule has 104 valence electrons. The average Bonchev–Trinajstić information content (AvgIpc) is 2.70. The van der Waals surface area contributed by atoms with E-state index < -0.39 is 15.9 Å². The van der Waals surface area contributed by atoms with Crippen molar-refractivity contribution >= 4 is 15.7 Å². The van der Waals surface area contributed by atoms with Crippen LogP contribution in [-0.4, -0.2) is 37.9 Å². The SMILES string of the molecule is NC(Cc1ccccc1)C(=O)NC1CCS(=O)(=O)C1. The minimum Gasteiger partial charge on any atom is -0.351 e. The molecule has 0 spiro atoms. The topological polar surface area (TPSA) is 89.3 Å². The van der Waals surface area contributed by atoms with Gasteiger partial charge in [-0.1, -0.05) is 30.3 Å². The molecule has 1 fully saturated rings. The fourth-order valence-electron chi connectivity index (χ4n) is 2.18. The first-order valence-electron chi connectivity index (χ1n) is 6.26. The van der Waals surface area contributed by atoms with Gasteiger partial charge in [-0.2, -0.15) is 0 Å². The fourth-order valence-corrected chi connectivity index (χ4v) is 3.85. The van der Waals surface area contributed by atoms with Crippen molar-refractivity contribution in [2.24, 2.45) is 5.73 Å². The number of benzene rings is 1. The minimum absolute atomic E-state index is 0.0246. The maximum atomic E-state index is 11.9. The number of carbonyl (C=O) groups excluding carboxylic acids is 1. The maximum Gasteiger partial charge on any atom is 0.237 e. The Morgan fingerprint density at radius 1 is 1.37 bits per heavy atom. The fraction of sp³-hybridized carbons (Fsp3) is 0.462. The lowest BCUT2D eigenvalue weighted by atomic mass is 10.1. The number of carbonyl (C=O) groups is 1. The molecule has 1 saturated heterocycles. The third-order valence-electron chi connectivity index (χ3n) is 3.21. The van der Waals surface area contributed by atoms with Crippen LogP contribution in [0.15, 0.2) is 30.3 Å². The van der Waals surface area contributed by atoms with Gasteiger partial charge in [0.1, 0.15) is 0 Å². The van der Waals surface area contributed by atoms with Crippen LogP contribution in [0.5, 0.6) is 0 Å². The van der Waals surface area contributed by atoms with Gasteiger partial charge in [0.05, 0.1) is 17.5 Å². The second-order valence-electron chi connectivity index (χ2n) is 4.90. The summed E-state index contributed by atoms with van der Waals surface area (Å²) >= 11 is 0. The summed E-state index contributed by atoms with van der Waals surface area (Å²) < 4.78 is 22.6. The molecule has 1 aromatic carbocycles. The van der Waals surface area contributed by atoms with Gasteiger partial charge in [-0.05, 0) is 18.4 Å². The number of amides is 1. The van der Waals surface area contributed by atoms with Crippen molar-refractivity contribution in [2.45, 2.75) is 24.9 Å². The number of nitrogens with two attached hydrogens (primary N) is 1. The number of hydrogen-bond donors (Lipinski definition) is 2. The summed E-state index contributed by atoms with van der Waals surface area (Å²) in [5.74, 6) is -0.117. The van der Waals surface area contributed by atoms with E-state index in [1.54, 1.807) is 0 Å². The maximum absolute atomic E-state index is 11.9. The number of nitrogens with one attached hydrogen (secondary N) is 1. The Hall–Kier alpha value is -1.40.